The van der Waals surface area contributed by atoms with Crippen LogP contribution in [0.1, 0.15) is 27.7 Å². The monoisotopic (exact) mass is 252 g/mol. The summed E-state index contributed by atoms with van der Waals surface area (Å²) in [5.74, 6) is 6.47. The van der Waals surface area contributed by atoms with Gasteiger partial charge in [-0.3, -0.25) is 10.3 Å². The fraction of sp³-hybridized carbons (Fsp3) is 0.667. The number of nitrogen functional groups attached to an aromatic ring is 1. The molecule has 0 aliphatic heterocycles. The van der Waals surface area contributed by atoms with Gasteiger partial charge >= 0.3 is 0 Å². The van der Waals surface area contributed by atoms with Gasteiger partial charge in [0.05, 0.1) is 0 Å². The third kappa shape index (κ3) is 4.46. The molecule has 4 N–H and O–H groups in total. The van der Waals surface area contributed by atoms with E-state index in [-0.39, 0.29) is 0 Å². The van der Waals surface area contributed by atoms with Gasteiger partial charge in [-0.2, -0.15) is 4.98 Å². The third-order valence-electron chi connectivity index (χ3n) is 2.79. The maximum atomic E-state index is 5.26. The molecule has 1 heterocycles. The quantitative estimate of drug-likeness (QED) is 0.501. The van der Waals surface area contributed by atoms with Crippen LogP contribution in [0.25, 0.3) is 0 Å². The summed E-state index contributed by atoms with van der Waals surface area (Å²) in [4.78, 5) is 10.6. The van der Waals surface area contributed by atoms with Crippen molar-refractivity contribution in [1.29, 1.82) is 0 Å². The molecule has 0 aliphatic carbocycles. The zero-order valence-electron chi connectivity index (χ0n) is 11.6. The van der Waals surface area contributed by atoms with E-state index in [4.69, 9.17) is 5.84 Å². The molecule has 0 amide bonds. The lowest BCUT2D eigenvalue weighted by atomic mass is 10.2. The van der Waals surface area contributed by atoms with Crippen molar-refractivity contribution in [3.63, 3.8) is 0 Å². The van der Waals surface area contributed by atoms with Crippen LogP contribution >= 0.6 is 0 Å². The van der Waals surface area contributed by atoms with E-state index in [1.54, 1.807) is 6.20 Å². The van der Waals surface area contributed by atoms with Crippen LogP contribution in [0.5, 0.6) is 0 Å². The highest BCUT2D eigenvalue weighted by Crippen LogP contribution is 2.06. The van der Waals surface area contributed by atoms with Crippen LogP contribution in [0.15, 0.2) is 12.3 Å². The Morgan fingerprint density at radius 1 is 1.28 bits per heavy atom. The minimum absolute atomic E-state index is 0.421. The van der Waals surface area contributed by atoms with Crippen molar-refractivity contribution in [2.75, 3.05) is 23.8 Å². The molecule has 0 bridgehead atoms. The number of hydrogen-bond donors (Lipinski definition) is 3. The highest BCUT2D eigenvalue weighted by Gasteiger charge is 2.12. The molecule has 0 saturated carbocycles. The molecule has 6 nitrogen and oxygen atoms in total. The topological polar surface area (TPSA) is 79.1 Å². The third-order valence-corrected chi connectivity index (χ3v) is 2.79. The van der Waals surface area contributed by atoms with Gasteiger partial charge in [0.1, 0.15) is 5.82 Å². The summed E-state index contributed by atoms with van der Waals surface area (Å²) in [6.45, 7) is 10.7. The zero-order valence-corrected chi connectivity index (χ0v) is 11.6. The SMILES string of the molecule is CC(C)N(CCNc1ccnc(NN)n1)C(C)C. The number of nitrogens with one attached hydrogen (secondary N) is 2. The van der Waals surface area contributed by atoms with Crippen LogP contribution in [0, 0.1) is 0 Å². The molecule has 0 radical (unpaired) electrons. The molecule has 1 rings (SSSR count). The van der Waals surface area contributed by atoms with Crippen LogP contribution in [-0.4, -0.2) is 40.0 Å². The van der Waals surface area contributed by atoms with Crippen molar-refractivity contribution in [1.82, 2.24) is 14.9 Å². The maximum Gasteiger partial charge on any atom is 0.239 e. The van der Waals surface area contributed by atoms with Gasteiger partial charge in [-0.15, -0.1) is 0 Å². The zero-order chi connectivity index (χ0) is 13.5. The van der Waals surface area contributed by atoms with Gasteiger partial charge in [-0.1, -0.05) is 0 Å². The van der Waals surface area contributed by atoms with Crippen molar-refractivity contribution < 1.29 is 0 Å². The van der Waals surface area contributed by atoms with Crippen molar-refractivity contribution >= 4 is 11.8 Å². The standard InChI is InChI=1S/C12H24N6/c1-9(2)18(10(3)4)8-7-14-11-5-6-15-12(16-11)17-13/h5-6,9-10H,7-8,13H2,1-4H3,(H2,14,15,16,17). The largest absolute Gasteiger partial charge is 0.369 e. The summed E-state index contributed by atoms with van der Waals surface area (Å²) in [6.07, 6.45) is 1.67. The molecule has 0 unspecified atom stereocenters. The lowest BCUT2D eigenvalue weighted by Gasteiger charge is -2.30. The number of rotatable bonds is 7. The highest BCUT2D eigenvalue weighted by molar-refractivity contribution is 5.38. The minimum Gasteiger partial charge on any atom is -0.369 e. The molecular formula is C12H24N6. The van der Waals surface area contributed by atoms with Crippen LogP contribution in [0.2, 0.25) is 0 Å². The number of anilines is 2. The Bertz CT molecular complexity index is 344. The van der Waals surface area contributed by atoms with E-state index < -0.39 is 0 Å². The smallest absolute Gasteiger partial charge is 0.239 e. The first-order chi connectivity index (χ1) is 8.54. The van der Waals surface area contributed by atoms with Gasteiger partial charge in [0.25, 0.3) is 0 Å². The fourth-order valence-corrected chi connectivity index (χ4v) is 1.95. The molecule has 0 aromatic carbocycles. The van der Waals surface area contributed by atoms with Crippen LogP contribution in [0.3, 0.4) is 0 Å². The summed E-state index contributed by atoms with van der Waals surface area (Å²) in [5, 5.41) is 3.27. The summed E-state index contributed by atoms with van der Waals surface area (Å²) in [7, 11) is 0. The molecule has 0 fully saturated rings. The molecule has 1 aromatic heterocycles. The first-order valence-electron chi connectivity index (χ1n) is 6.34. The van der Waals surface area contributed by atoms with Crippen molar-refractivity contribution in [3.05, 3.63) is 12.3 Å². The van der Waals surface area contributed by atoms with Gasteiger partial charge in [0.2, 0.25) is 5.95 Å². The number of hydrazine groups is 1. The molecule has 0 saturated heterocycles. The Balaban J connectivity index is 2.44. The van der Waals surface area contributed by atoms with Crippen LogP contribution < -0.4 is 16.6 Å². The molecule has 1 aromatic rings. The first-order valence-corrected chi connectivity index (χ1v) is 6.34. The van der Waals surface area contributed by atoms with Gasteiger partial charge in [0.15, 0.2) is 0 Å². The van der Waals surface area contributed by atoms with E-state index in [0.29, 0.717) is 18.0 Å². The summed E-state index contributed by atoms with van der Waals surface area (Å²) in [5.41, 5.74) is 2.43. The van der Waals surface area contributed by atoms with Gasteiger partial charge < -0.3 is 5.32 Å². The molecule has 18 heavy (non-hydrogen) atoms. The minimum atomic E-state index is 0.421. The van der Waals surface area contributed by atoms with Gasteiger partial charge in [0, 0.05) is 31.4 Å². The van der Waals surface area contributed by atoms with Crippen LogP contribution in [-0.2, 0) is 0 Å². The second kappa shape index (κ2) is 7.13. The Hall–Kier alpha value is -1.40. The summed E-state index contributed by atoms with van der Waals surface area (Å²) >= 11 is 0. The average molecular weight is 252 g/mol. The lowest BCUT2D eigenvalue weighted by Crippen LogP contribution is -2.40. The van der Waals surface area contributed by atoms with Gasteiger partial charge in [-0.05, 0) is 33.8 Å². The normalized spacial score (nSPS) is 11.3. The molecule has 0 aliphatic rings. The number of nitrogens with zero attached hydrogens (tertiary/aromatic N) is 3. The Morgan fingerprint density at radius 3 is 2.50 bits per heavy atom. The summed E-state index contributed by atoms with van der Waals surface area (Å²) < 4.78 is 0. The summed E-state index contributed by atoms with van der Waals surface area (Å²) in [6, 6.07) is 2.91. The van der Waals surface area contributed by atoms with Crippen molar-refractivity contribution in [2.24, 2.45) is 5.84 Å². The number of hydrogen-bond acceptors (Lipinski definition) is 6. The Kier molecular flexibility index (Phi) is 5.80. The number of nitrogens with two attached hydrogens (primary N) is 1. The van der Waals surface area contributed by atoms with E-state index >= 15 is 0 Å². The van der Waals surface area contributed by atoms with Gasteiger partial charge in [-0.25, -0.2) is 10.8 Å². The second-order valence-electron chi connectivity index (χ2n) is 4.76. The predicted molar refractivity (Wildman–Crippen MR) is 75.3 cm³/mol. The highest BCUT2D eigenvalue weighted by atomic mass is 15.3. The Labute approximate surface area is 109 Å². The van der Waals surface area contributed by atoms with E-state index in [9.17, 15) is 0 Å². The number of aromatic nitrogens is 2. The average Bonchev–Trinajstić information content (AvgIpc) is 2.34. The molecule has 0 spiro atoms. The lowest BCUT2D eigenvalue weighted by molar-refractivity contribution is 0.182. The molecular weight excluding hydrogens is 228 g/mol. The molecule has 102 valence electrons. The Morgan fingerprint density at radius 2 is 1.94 bits per heavy atom. The van der Waals surface area contributed by atoms with E-state index in [0.717, 1.165) is 18.9 Å². The van der Waals surface area contributed by atoms with E-state index in [1.165, 1.54) is 0 Å². The predicted octanol–water partition coefficient (Wildman–Crippen LogP) is 1.29. The fourth-order valence-electron chi connectivity index (χ4n) is 1.95. The molecule has 6 heteroatoms. The maximum absolute atomic E-state index is 5.26. The second-order valence-corrected chi connectivity index (χ2v) is 4.76. The van der Waals surface area contributed by atoms with Crippen molar-refractivity contribution in [3.8, 4) is 0 Å². The van der Waals surface area contributed by atoms with E-state index in [2.05, 4.69) is 53.3 Å². The molecule has 0 atom stereocenters. The van der Waals surface area contributed by atoms with E-state index in [1.807, 2.05) is 6.07 Å². The van der Waals surface area contributed by atoms with Crippen molar-refractivity contribution in [2.45, 2.75) is 39.8 Å². The first kappa shape index (κ1) is 14.7. The van der Waals surface area contributed by atoms with Crippen LogP contribution in [0.4, 0.5) is 11.8 Å².